The lowest BCUT2D eigenvalue weighted by Gasteiger charge is -2.18. The topological polar surface area (TPSA) is 34.1 Å². The second-order valence-corrected chi connectivity index (χ2v) is 5.33. The van der Waals surface area contributed by atoms with Gasteiger partial charge < -0.3 is 10.1 Å². The normalized spacial score (nSPS) is 12.1. The van der Waals surface area contributed by atoms with Crippen molar-refractivity contribution in [2.75, 3.05) is 12.4 Å². The molecule has 106 valence electrons. The van der Waals surface area contributed by atoms with Crippen molar-refractivity contribution in [1.82, 2.24) is 4.98 Å². The average molecular weight is 339 g/mol. The Morgan fingerprint density at radius 3 is 2.65 bits per heavy atom. The van der Waals surface area contributed by atoms with Crippen molar-refractivity contribution in [3.05, 3.63) is 52.0 Å². The highest BCUT2D eigenvalue weighted by Crippen LogP contribution is 2.26. The molecular formula is C15H16BrFN2O. The number of aromatic nitrogens is 1. The van der Waals surface area contributed by atoms with Gasteiger partial charge in [0, 0.05) is 11.6 Å². The van der Waals surface area contributed by atoms with Crippen LogP contribution in [0.15, 0.2) is 34.9 Å². The maximum Gasteiger partial charge on any atom is 0.132 e. The minimum atomic E-state index is -0.285. The SMILES string of the molecule is COc1ccc(C(C)Nc2ccc(Br)nc2C)c(F)c1. The summed E-state index contributed by atoms with van der Waals surface area (Å²) in [5, 5.41) is 3.27. The zero-order valence-electron chi connectivity index (χ0n) is 11.6. The summed E-state index contributed by atoms with van der Waals surface area (Å²) in [7, 11) is 1.52. The predicted octanol–water partition coefficient (Wildman–Crippen LogP) is 4.47. The number of rotatable bonds is 4. The van der Waals surface area contributed by atoms with Crippen LogP contribution < -0.4 is 10.1 Å². The fourth-order valence-corrected chi connectivity index (χ4v) is 2.38. The van der Waals surface area contributed by atoms with Crippen LogP contribution in [0.4, 0.5) is 10.1 Å². The van der Waals surface area contributed by atoms with E-state index in [1.54, 1.807) is 12.1 Å². The highest BCUT2D eigenvalue weighted by atomic mass is 79.9. The van der Waals surface area contributed by atoms with Crippen LogP contribution in [0.1, 0.15) is 24.2 Å². The number of nitrogens with one attached hydrogen (secondary N) is 1. The monoisotopic (exact) mass is 338 g/mol. The minimum absolute atomic E-state index is 0.164. The predicted molar refractivity (Wildman–Crippen MR) is 81.7 cm³/mol. The van der Waals surface area contributed by atoms with Gasteiger partial charge in [-0.25, -0.2) is 9.37 Å². The molecule has 0 aliphatic heterocycles. The number of methoxy groups -OCH3 is 1. The van der Waals surface area contributed by atoms with Gasteiger partial charge in [0.15, 0.2) is 0 Å². The molecule has 0 fully saturated rings. The van der Waals surface area contributed by atoms with Crippen LogP contribution in [-0.2, 0) is 0 Å². The Labute approximate surface area is 126 Å². The number of ether oxygens (including phenoxy) is 1. The van der Waals surface area contributed by atoms with Gasteiger partial charge in [-0.2, -0.15) is 0 Å². The molecule has 1 heterocycles. The lowest BCUT2D eigenvalue weighted by Crippen LogP contribution is -2.10. The van der Waals surface area contributed by atoms with Gasteiger partial charge in [-0.05, 0) is 48.0 Å². The van der Waals surface area contributed by atoms with Crippen molar-refractivity contribution in [1.29, 1.82) is 0 Å². The maximum absolute atomic E-state index is 14.0. The molecule has 3 nitrogen and oxygen atoms in total. The molecule has 0 saturated heterocycles. The molecule has 1 unspecified atom stereocenters. The minimum Gasteiger partial charge on any atom is -0.497 e. The fraction of sp³-hybridized carbons (Fsp3) is 0.267. The van der Waals surface area contributed by atoms with Gasteiger partial charge in [-0.1, -0.05) is 6.07 Å². The third-order valence-electron chi connectivity index (χ3n) is 3.10. The third kappa shape index (κ3) is 3.28. The van der Waals surface area contributed by atoms with Crippen LogP contribution in [0.25, 0.3) is 0 Å². The van der Waals surface area contributed by atoms with E-state index >= 15 is 0 Å². The first-order valence-electron chi connectivity index (χ1n) is 6.24. The Hall–Kier alpha value is -1.62. The number of nitrogens with zero attached hydrogens (tertiary/aromatic N) is 1. The Morgan fingerprint density at radius 2 is 2.05 bits per heavy atom. The lowest BCUT2D eigenvalue weighted by atomic mass is 10.1. The number of hydrogen-bond donors (Lipinski definition) is 1. The van der Waals surface area contributed by atoms with Gasteiger partial charge in [0.2, 0.25) is 0 Å². The summed E-state index contributed by atoms with van der Waals surface area (Å²) in [6, 6.07) is 8.48. The summed E-state index contributed by atoms with van der Waals surface area (Å²) in [5.74, 6) is 0.229. The smallest absolute Gasteiger partial charge is 0.132 e. The zero-order chi connectivity index (χ0) is 14.7. The molecule has 0 amide bonds. The molecule has 5 heteroatoms. The third-order valence-corrected chi connectivity index (χ3v) is 3.54. The number of anilines is 1. The quantitative estimate of drug-likeness (QED) is 0.835. The van der Waals surface area contributed by atoms with Gasteiger partial charge in [0.05, 0.1) is 24.5 Å². The molecule has 1 N–H and O–H groups in total. The van der Waals surface area contributed by atoms with E-state index in [2.05, 4.69) is 26.2 Å². The van der Waals surface area contributed by atoms with Gasteiger partial charge >= 0.3 is 0 Å². The average Bonchev–Trinajstić information content (AvgIpc) is 2.41. The van der Waals surface area contributed by atoms with Gasteiger partial charge in [-0.15, -0.1) is 0 Å². The van der Waals surface area contributed by atoms with Crippen LogP contribution in [0.5, 0.6) is 5.75 Å². The zero-order valence-corrected chi connectivity index (χ0v) is 13.2. The van der Waals surface area contributed by atoms with E-state index in [4.69, 9.17) is 4.74 Å². The number of pyridine rings is 1. The van der Waals surface area contributed by atoms with Gasteiger partial charge in [-0.3, -0.25) is 0 Å². The summed E-state index contributed by atoms with van der Waals surface area (Å²) in [6.07, 6.45) is 0. The standard InChI is InChI=1S/C15H16BrFN2O/c1-9(12-5-4-11(20-3)8-13(12)17)18-14-6-7-15(16)19-10(14)2/h4-9,18H,1-3H3. The van der Waals surface area contributed by atoms with Crippen molar-refractivity contribution < 1.29 is 9.13 Å². The second kappa shape index (κ2) is 6.22. The molecule has 1 atom stereocenters. The Bertz CT molecular complexity index is 619. The highest BCUT2D eigenvalue weighted by Gasteiger charge is 2.13. The van der Waals surface area contributed by atoms with Crippen LogP contribution in [-0.4, -0.2) is 12.1 Å². The molecule has 1 aromatic heterocycles. The van der Waals surface area contributed by atoms with E-state index in [0.29, 0.717) is 11.3 Å². The fourth-order valence-electron chi connectivity index (χ4n) is 1.98. The van der Waals surface area contributed by atoms with E-state index in [1.807, 2.05) is 26.0 Å². The van der Waals surface area contributed by atoms with Crippen LogP contribution in [0.2, 0.25) is 0 Å². The molecule has 1 aromatic carbocycles. The van der Waals surface area contributed by atoms with Gasteiger partial charge in [0.25, 0.3) is 0 Å². The maximum atomic E-state index is 14.0. The second-order valence-electron chi connectivity index (χ2n) is 4.52. The molecule has 0 spiro atoms. The highest BCUT2D eigenvalue weighted by molar-refractivity contribution is 9.10. The summed E-state index contributed by atoms with van der Waals surface area (Å²) >= 11 is 3.32. The summed E-state index contributed by atoms with van der Waals surface area (Å²) in [4.78, 5) is 4.31. The van der Waals surface area contributed by atoms with Crippen molar-refractivity contribution in [2.24, 2.45) is 0 Å². The first-order valence-corrected chi connectivity index (χ1v) is 7.03. The number of hydrogen-bond acceptors (Lipinski definition) is 3. The molecular weight excluding hydrogens is 323 g/mol. The molecule has 0 aliphatic carbocycles. The van der Waals surface area contributed by atoms with Crippen molar-refractivity contribution in [3.63, 3.8) is 0 Å². The number of aryl methyl sites for hydroxylation is 1. The molecule has 0 radical (unpaired) electrons. The molecule has 2 rings (SSSR count). The molecule has 20 heavy (non-hydrogen) atoms. The van der Waals surface area contributed by atoms with E-state index < -0.39 is 0 Å². The summed E-state index contributed by atoms with van der Waals surface area (Å²) < 4.78 is 19.8. The lowest BCUT2D eigenvalue weighted by molar-refractivity contribution is 0.410. The van der Waals surface area contributed by atoms with Crippen LogP contribution >= 0.6 is 15.9 Å². The molecule has 2 aromatic rings. The van der Waals surface area contributed by atoms with E-state index in [0.717, 1.165) is 16.0 Å². The number of halogens is 2. The first-order chi connectivity index (χ1) is 9.51. The van der Waals surface area contributed by atoms with Crippen molar-refractivity contribution >= 4 is 21.6 Å². The largest absolute Gasteiger partial charge is 0.497 e. The Morgan fingerprint density at radius 1 is 1.30 bits per heavy atom. The van der Waals surface area contributed by atoms with Crippen LogP contribution in [0.3, 0.4) is 0 Å². The summed E-state index contributed by atoms with van der Waals surface area (Å²) in [5.41, 5.74) is 2.34. The van der Waals surface area contributed by atoms with E-state index in [1.165, 1.54) is 13.2 Å². The van der Waals surface area contributed by atoms with Crippen LogP contribution in [0, 0.1) is 12.7 Å². The number of benzene rings is 1. The van der Waals surface area contributed by atoms with E-state index in [-0.39, 0.29) is 11.9 Å². The first kappa shape index (κ1) is 14.8. The Kier molecular flexibility index (Phi) is 4.60. The Balaban J connectivity index is 2.21. The molecule has 0 aliphatic rings. The van der Waals surface area contributed by atoms with Gasteiger partial charge in [0.1, 0.15) is 16.2 Å². The van der Waals surface area contributed by atoms with Crippen molar-refractivity contribution in [2.45, 2.75) is 19.9 Å². The summed E-state index contributed by atoms with van der Waals surface area (Å²) in [6.45, 7) is 3.82. The van der Waals surface area contributed by atoms with Crippen molar-refractivity contribution in [3.8, 4) is 5.75 Å². The van der Waals surface area contributed by atoms with E-state index in [9.17, 15) is 4.39 Å². The molecule has 0 bridgehead atoms. The molecule has 0 saturated carbocycles.